The number of nitrogens with zero attached hydrogens (tertiary/aromatic N) is 5. The molecular weight excluding hydrogens is 537 g/mol. The van der Waals surface area contributed by atoms with Crippen molar-refractivity contribution in [2.75, 3.05) is 24.7 Å². The van der Waals surface area contributed by atoms with Crippen molar-refractivity contribution >= 4 is 34.7 Å². The number of anilines is 1. The highest BCUT2D eigenvalue weighted by molar-refractivity contribution is 6.30. The van der Waals surface area contributed by atoms with Crippen LogP contribution in [-0.2, 0) is 16.1 Å². The van der Waals surface area contributed by atoms with Crippen molar-refractivity contribution in [3.05, 3.63) is 35.2 Å². The highest BCUT2D eigenvalue weighted by Crippen LogP contribution is 2.38. The second-order valence-corrected chi connectivity index (χ2v) is 11.6. The third-order valence-corrected chi connectivity index (χ3v) is 8.53. The first kappa shape index (κ1) is 27.2. The Bertz CT molecular complexity index is 1380. The molecule has 40 heavy (non-hydrogen) atoms. The molecule has 12 heteroatoms. The summed E-state index contributed by atoms with van der Waals surface area (Å²) in [5.41, 5.74) is 6.12. The molecule has 10 nitrogen and oxygen atoms in total. The zero-order chi connectivity index (χ0) is 27.8. The molecular formula is C28H35ClFN7O3. The Morgan fingerprint density at radius 3 is 2.73 bits per heavy atom. The molecule has 0 spiro atoms. The van der Waals surface area contributed by atoms with Gasteiger partial charge in [-0.2, -0.15) is 0 Å². The lowest BCUT2D eigenvalue weighted by Gasteiger charge is -2.29. The van der Waals surface area contributed by atoms with Gasteiger partial charge in [0, 0.05) is 37.7 Å². The zero-order valence-corrected chi connectivity index (χ0v) is 23.5. The SMILES string of the molecule is CCO[C@@H]1C[C@@H](CF)N(c2nc3cc(C4NOC(=O)N4)nc(-c4cncc(Cl)c4)c3n2CC2CCC(C)CC2)C1. The van der Waals surface area contributed by atoms with E-state index in [0.29, 0.717) is 53.4 Å². The Hall–Kier alpha value is -3.02. The van der Waals surface area contributed by atoms with Gasteiger partial charge in [0.05, 0.1) is 39.6 Å². The van der Waals surface area contributed by atoms with Crippen molar-refractivity contribution in [1.29, 1.82) is 0 Å². The van der Waals surface area contributed by atoms with E-state index < -0.39 is 18.9 Å². The predicted molar refractivity (Wildman–Crippen MR) is 150 cm³/mol. The second-order valence-electron chi connectivity index (χ2n) is 11.2. The Morgan fingerprint density at radius 2 is 2.02 bits per heavy atom. The van der Waals surface area contributed by atoms with Crippen LogP contribution in [0.4, 0.5) is 15.1 Å². The first-order chi connectivity index (χ1) is 19.4. The fourth-order valence-electron chi connectivity index (χ4n) is 6.26. The summed E-state index contributed by atoms with van der Waals surface area (Å²) >= 11 is 6.37. The molecule has 0 bridgehead atoms. The molecule has 2 aliphatic heterocycles. The largest absolute Gasteiger partial charge is 0.427 e. The number of halogens is 2. The maximum Gasteiger partial charge on any atom is 0.427 e. The topological polar surface area (TPSA) is 106 Å². The summed E-state index contributed by atoms with van der Waals surface area (Å²) in [6.07, 6.45) is 7.25. The maximum absolute atomic E-state index is 14.4. The number of ether oxygens (including phenoxy) is 1. The van der Waals surface area contributed by atoms with E-state index in [2.05, 4.69) is 32.2 Å². The predicted octanol–water partition coefficient (Wildman–Crippen LogP) is 5.17. The number of hydrogen-bond donors (Lipinski definition) is 2. The third-order valence-electron chi connectivity index (χ3n) is 8.32. The lowest BCUT2D eigenvalue weighted by Crippen LogP contribution is -2.34. The van der Waals surface area contributed by atoms with E-state index in [1.165, 1.54) is 12.8 Å². The van der Waals surface area contributed by atoms with E-state index in [4.69, 9.17) is 31.1 Å². The smallest absolute Gasteiger partial charge is 0.377 e. The van der Waals surface area contributed by atoms with Gasteiger partial charge < -0.3 is 19.0 Å². The lowest BCUT2D eigenvalue weighted by molar-refractivity contribution is 0.0757. The monoisotopic (exact) mass is 571 g/mol. The van der Waals surface area contributed by atoms with Gasteiger partial charge in [0.25, 0.3) is 0 Å². The van der Waals surface area contributed by atoms with Gasteiger partial charge in [0.15, 0.2) is 6.17 Å². The first-order valence-electron chi connectivity index (χ1n) is 14.1. The number of hydroxylamine groups is 1. The van der Waals surface area contributed by atoms with Crippen molar-refractivity contribution in [3.8, 4) is 11.3 Å². The molecule has 1 saturated carbocycles. The summed E-state index contributed by atoms with van der Waals surface area (Å²) in [6, 6.07) is 3.35. The minimum atomic E-state index is -0.649. The fraction of sp³-hybridized carbons (Fsp3) is 0.571. The number of nitrogens with one attached hydrogen (secondary N) is 2. The minimum Gasteiger partial charge on any atom is -0.377 e. The van der Waals surface area contributed by atoms with E-state index in [-0.39, 0.29) is 12.1 Å². The van der Waals surface area contributed by atoms with Crippen LogP contribution in [0.2, 0.25) is 5.02 Å². The number of aromatic nitrogens is 4. The highest BCUT2D eigenvalue weighted by Gasteiger charge is 2.37. The van der Waals surface area contributed by atoms with Crippen LogP contribution in [0.15, 0.2) is 24.5 Å². The van der Waals surface area contributed by atoms with Crippen molar-refractivity contribution in [1.82, 2.24) is 30.3 Å². The van der Waals surface area contributed by atoms with Crippen LogP contribution in [0.5, 0.6) is 0 Å². The van der Waals surface area contributed by atoms with Crippen LogP contribution in [0.1, 0.15) is 57.8 Å². The van der Waals surface area contributed by atoms with Gasteiger partial charge in [0.1, 0.15) is 6.67 Å². The van der Waals surface area contributed by atoms with Gasteiger partial charge in [-0.25, -0.2) is 19.2 Å². The van der Waals surface area contributed by atoms with E-state index >= 15 is 0 Å². The molecule has 3 aromatic rings. The second kappa shape index (κ2) is 11.5. The number of alkyl halides is 1. The van der Waals surface area contributed by atoms with Crippen molar-refractivity contribution in [3.63, 3.8) is 0 Å². The van der Waals surface area contributed by atoms with Gasteiger partial charge in [-0.05, 0) is 50.2 Å². The molecule has 214 valence electrons. The van der Waals surface area contributed by atoms with Gasteiger partial charge in [-0.15, -0.1) is 5.48 Å². The molecule has 1 aliphatic carbocycles. The number of amides is 1. The van der Waals surface area contributed by atoms with Crippen LogP contribution in [-0.4, -0.2) is 57.6 Å². The number of rotatable bonds is 8. The summed E-state index contributed by atoms with van der Waals surface area (Å²) in [5.74, 6) is 1.91. The summed E-state index contributed by atoms with van der Waals surface area (Å²) in [4.78, 5) is 33.2. The van der Waals surface area contributed by atoms with E-state index in [1.54, 1.807) is 12.4 Å². The Labute approximate surface area is 237 Å². The average molecular weight is 572 g/mol. The van der Waals surface area contributed by atoms with E-state index in [1.807, 2.05) is 19.1 Å². The van der Waals surface area contributed by atoms with Crippen LogP contribution in [0, 0.1) is 11.8 Å². The van der Waals surface area contributed by atoms with Crippen molar-refractivity contribution in [2.24, 2.45) is 11.8 Å². The standard InChI is InChI=1S/C28H35ClFN7O3/c1-3-39-21-9-20(11-30)36(15-21)27-33-22-10-23(26-34-28(38)40-35-26)32-24(18-8-19(29)13-31-12-18)25(22)37(27)14-17-6-4-16(2)5-7-17/h8,10,12-13,16-17,20-21,26,35H,3-7,9,11,14-15H2,1-2H3,(H,34,38)/t16?,17?,20-,21+,26?/m0/s1. The lowest BCUT2D eigenvalue weighted by atomic mass is 9.83. The first-order valence-corrected chi connectivity index (χ1v) is 14.5. The number of pyridine rings is 2. The van der Waals surface area contributed by atoms with Gasteiger partial charge in [-0.1, -0.05) is 31.4 Å². The Balaban J connectivity index is 1.53. The number of imidazole rings is 1. The van der Waals surface area contributed by atoms with Crippen LogP contribution >= 0.6 is 11.6 Å². The van der Waals surface area contributed by atoms with Crippen LogP contribution in [0.3, 0.4) is 0 Å². The highest BCUT2D eigenvalue weighted by atomic mass is 35.5. The zero-order valence-electron chi connectivity index (χ0n) is 22.8. The number of carbonyl (C=O) groups excluding carboxylic acids is 1. The molecule has 2 N–H and O–H groups in total. The van der Waals surface area contributed by atoms with Crippen LogP contribution in [0.25, 0.3) is 22.3 Å². The van der Waals surface area contributed by atoms with Gasteiger partial charge >= 0.3 is 6.09 Å². The summed E-state index contributed by atoms with van der Waals surface area (Å²) < 4.78 is 22.5. The molecule has 2 saturated heterocycles. The third kappa shape index (κ3) is 5.34. The van der Waals surface area contributed by atoms with Crippen LogP contribution < -0.4 is 15.7 Å². The Morgan fingerprint density at radius 1 is 1.20 bits per heavy atom. The molecule has 1 unspecified atom stereocenters. The molecule has 0 aromatic carbocycles. The van der Waals surface area contributed by atoms with Gasteiger partial charge in [0.2, 0.25) is 5.95 Å². The fourth-order valence-corrected chi connectivity index (χ4v) is 6.43. The Kier molecular flexibility index (Phi) is 7.78. The minimum absolute atomic E-state index is 0.0603. The summed E-state index contributed by atoms with van der Waals surface area (Å²) in [5, 5.41) is 3.20. The molecule has 6 rings (SSSR count). The quantitative estimate of drug-likeness (QED) is 0.381. The van der Waals surface area contributed by atoms with E-state index in [0.717, 1.165) is 36.4 Å². The van der Waals surface area contributed by atoms with E-state index in [9.17, 15) is 9.18 Å². The van der Waals surface area contributed by atoms with Gasteiger partial charge in [-0.3, -0.25) is 10.3 Å². The molecule has 3 atom stereocenters. The molecule has 5 heterocycles. The van der Waals surface area contributed by atoms with Crippen molar-refractivity contribution in [2.45, 2.75) is 70.8 Å². The number of carbonyl (C=O) groups is 1. The average Bonchev–Trinajstić information content (AvgIpc) is 3.66. The molecule has 3 fully saturated rings. The molecule has 3 aliphatic rings. The summed E-state index contributed by atoms with van der Waals surface area (Å²) in [7, 11) is 0. The molecule has 0 radical (unpaired) electrons. The molecule has 3 aromatic heterocycles. The molecule has 1 amide bonds. The van der Waals surface area contributed by atoms with Crippen molar-refractivity contribution < 1.29 is 18.8 Å². The maximum atomic E-state index is 14.4. The number of fused-ring (bicyclic) bond motifs is 1. The summed E-state index contributed by atoms with van der Waals surface area (Å²) in [6.45, 7) is 5.68. The number of hydrogen-bond acceptors (Lipinski definition) is 8. The normalized spacial score (nSPS) is 26.9.